The molecule has 1 aliphatic rings. The minimum absolute atomic E-state index is 0. The molecule has 1 aliphatic heterocycles. The Balaban J connectivity index is 0.00000243. The van der Waals surface area contributed by atoms with Gasteiger partial charge in [-0.3, -0.25) is 9.59 Å². The van der Waals surface area contributed by atoms with Gasteiger partial charge < -0.3 is 16.0 Å². The third kappa shape index (κ3) is 4.84. The van der Waals surface area contributed by atoms with E-state index in [1.54, 1.807) is 6.07 Å². The second kappa shape index (κ2) is 8.83. The molecule has 0 atom stereocenters. The first-order chi connectivity index (χ1) is 12.0. The first-order valence-electron chi connectivity index (χ1n) is 8.55. The highest BCUT2D eigenvalue weighted by molar-refractivity contribution is 6.05. The second-order valence-corrected chi connectivity index (χ2v) is 6.40. The van der Waals surface area contributed by atoms with E-state index >= 15 is 0 Å². The normalized spacial score (nSPS) is 13.0. The number of carbonyl (C=O) groups excluding carboxylic acids is 2. The van der Waals surface area contributed by atoms with Gasteiger partial charge in [-0.05, 0) is 73.8 Å². The highest BCUT2D eigenvalue weighted by Gasteiger charge is 2.13. The summed E-state index contributed by atoms with van der Waals surface area (Å²) in [5.74, 6) is -0.274. The van der Waals surface area contributed by atoms with Gasteiger partial charge in [-0.15, -0.1) is 12.4 Å². The van der Waals surface area contributed by atoms with Gasteiger partial charge in [0, 0.05) is 23.9 Å². The molecule has 3 N–H and O–H groups in total. The van der Waals surface area contributed by atoms with Crippen molar-refractivity contribution in [2.45, 2.75) is 26.7 Å². The molecular formula is C20H24ClN3O2. The Morgan fingerprint density at radius 1 is 0.962 bits per heavy atom. The van der Waals surface area contributed by atoms with Crippen molar-refractivity contribution in [3.63, 3.8) is 0 Å². The SMILES string of the molecule is CC(=O)Nc1ccc(C)c(NC(=O)c2ccc3c(c2)CCNCC3)c1.Cl. The van der Waals surface area contributed by atoms with E-state index in [4.69, 9.17) is 0 Å². The first kappa shape index (κ1) is 19.9. The minimum atomic E-state index is -0.138. The standard InChI is InChI=1S/C20H23N3O2.ClH/c1-13-3-6-18(22-14(2)24)12-19(13)23-20(25)17-5-4-15-7-9-21-10-8-16(15)11-17;/h3-6,11-12,21H,7-10H2,1-2H3,(H,22,24)(H,23,25);1H. The van der Waals surface area contributed by atoms with Crippen molar-refractivity contribution in [3.8, 4) is 0 Å². The van der Waals surface area contributed by atoms with E-state index in [9.17, 15) is 9.59 Å². The maximum atomic E-state index is 12.7. The molecule has 2 amide bonds. The van der Waals surface area contributed by atoms with Gasteiger partial charge in [0.05, 0.1) is 0 Å². The summed E-state index contributed by atoms with van der Waals surface area (Å²) in [7, 11) is 0. The van der Waals surface area contributed by atoms with Crippen molar-refractivity contribution in [1.82, 2.24) is 5.32 Å². The lowest BCUT2D eigenvalue weighted by atomic mass is 9.99. The van der Waals surface area contributed by atoms with Crippen molar-refractivity contribution < 1.29 is 9.59 Å². The maximum absolute atomic E-state index is 12.7. The Kier molecular flexibility index (Phi) is 6.77. The Morgan fingerprint density at radius 2 is 1.69 bits per heavy atom. The third-order valence-electron chi connectivity index (χ3n) is 4.42. The fourth-order valence-electron chi connectivity index (χ4n) is 3.05. The van der Waals surface area contributed by atoms with Gasteiger partial charge >= 0.3 is 0 Å². The minimum Gasteiger partial charge on any atom is -0.326 e. The Morgan fingerprint density at radius 3 is 2.42 bits per heavy atom. The number of aryl methyl sites for hydroxylation is 1. The molecule has 0 bridgehead atoms. The third-order valence-corrected chi connectivity index (χ3v) is 4.42. The molecule has 3 rings (SSSR count). The van der Waals surface area contributed by atoms with E-state index < -0.39 is 0 Å². The molecule has 0 unspecified atom stereocenters. The van der Waals surface area contributed by atoms with Crippen LogP contribution in [0.15, 0.2) is 36.4 Å². The molecule has 6 heteroatoms. The van der Waals surface area contributed by atoms with Gasteiger partial charge in [-0.1, -0.05) is 12.1 Å². The van der Waals surface area contributed by atoms with Gasteiger partial charge in [0.15, 0.2) is 0 Å². The number of fused-ring (bicyclic) bond motifs is 1. The number of carbonyl (C=O) groups is 2. The summed E-state index contributed by atoms with van der Waals surface area (Å²) in [6.07, 6.45) is 1.93. The Labute approximate surface area is 160 Å². The van der Waals surface area contributed by atoms with Gasteiger partial charge in [0.25, 0.3) is 5.91 Å². The molecule has 1 heterocycles. The molecule has 2 aromatic rings. The second-order valence-electron chi connectivity index (χ2n) is 6.40. The Hall–Kier alpha value is -2.37. The summed E-state index contributed by atoms with van der Waals surface area (Å²) in [6, 6.07) is 11.4. The summed E-state index contributed by atoms with van der Waals surface area (Å²) in [6.45, 7) is 5.31. The van der Waals surface area contributed by atoms with Crippen LogP contribution in [0, 0.1) is 6.92 Å². The number of hydrogen-bond acceptors (Lipinski definition) is 3. The van der Waals surface area contributed by atoms with E-state index in [1.165, 1.54) is 18.1 Å². The predicted molar refractivity (Wildman–Crippen MR) is 107 cm³/mol. The molecule has 2 aromatic carbocycles. The Bertz CT molecular complexity index is 821. The van der Waals surface area contributed by atoms with E-state index in [1.807, 2.05) is 31.2 Å². The van der Waals surface area contributed by atoms with Crippen molar-refractivity contribution >= 4 is 35.6 Å². The van der Waals surface area contributed by atoms with Crippen molar-refractivity contribution in [3.05, 3.63) is 58.7 Å². The van der Waals surface area contributed by atoms with Crippen LogP contribution in [0.1, 0.15) is 34.0 Å². The van der Waals surface area contributed by atoms with Crippen LogP contribution < -0.4 is 16.0 Å². The molecule has 138 valence electrons. The molecule has 0 aliphatic carbocycles. The van der Waals surface area contributed by atoms with Crippen LogP contribution in [0.2, 0.25) is 0 Å². The number of nitrogens with one attached hydrogen (secondary N) is 3. The number of hydrogen-bond donors (Lipinski definition) is 3. The number of benzene rings is 2. The number of rotatable bonds is 3. The van der Waals surface area contributed by atoms with Crippen molar-refractivity contribution in [2.24, 2.45) is 0 Å². The lowest BCUT2D eigenvalue weighted by Crippen LogP contribution is -2.16. The lowest BCUT2D eigenvalue weighted by Gasteiger charge is -2.12. The lowest BCUT2D eigenvalue weighted by molar-refractivity contribution is -0.114. The molecular weight excluding hydrogens is 350 g/mol. The molecule has 0 saturated carbocycles. The van der Waals surface area contributed by atoms with Gasteiger partial charge in [0.2, 0.25) is 5.91 Å². The van der Waals surface area contributed by atoms with Gasteiger partial charge in [0.1, 0.15) is 0 Å². The van der Waals surface area contributed by atoms with E-state index in [-0.39, 0.29) is 24.2 Å². The fourth-order valence-corrected chi connectivity index (χ4v) is 3.05. The molecule has 0 fully saturated rings. The van der Waals surface area contributed by atoms with Crippen LogP contribution in [0.25, 0.3) is 0 Å². The van der Waals surface area contributed by atoms with Gasteiger partial charge in [-0.2, -0.15) is 0 Å². The quantitative estimate of drug-likeness (QED) is 0.773. The van der Waals surface area contributed by atoms with Crippen LogP contribution in [0.4, 0.5) is 11.4 Å². The van der Waals surface area contributed by atoms with Crippen molar-refractivity contribution in [1.29, 1.82) is 0 Å². The average molecular weight is 374 g/mol. The zero-order chi connectivity index (χ0) is 17.8. The molecule has 0 saturated heterocycles. The van der Waals surface area contributed by atoms with E-state index in [2.05, 4.69) is 22.0 Å². The smallest absolute Gasteiger partial charge is 0.255 e. The highest BCUT2D eigenvalue weighted by Crippen LogP contribution is 2.22. The van der Waals surface area contributed by atoms with Crippen LogP contribution in [-0.2, 0) is 17.6 Å². The zero-order valence-corrected chi connectivity index (χ0v) is 15.8. The summed E-state index contributed by atoms with van der Waals surface area (Å²) in [4.78, 5) is 23.9. The number of anilines is 2. The zero-order valence-electron chi connectivity index (χ0n) is 15.0. The van der Waals surface area contributed by atoms with E-state index in [0.29, 0.717) is 16.9 Å². The van der Waals surface area contributed by atoms with E-state index in [0.717, 1.165) is 31.5 Å². The summed E-state index contributed by atoms with van der Waals surface area (Å²) in [5.41, 5.74) is 5.52. The topological polar surface area (TPSA) is 70.2 Å². The molecule has 5 nitrogen and oxygen atoms in total. The van der Waals surface area contributed by atoms with Gasteiger partial charge in [-0.25, -0.2) is 0 Å². The molecule has 26 heavy (non-hydrogen) atoms. The summed E-state index contributed by atoms with van der Waals surface area (Å²) in [5, 5.41) is 9.07. The molecule has 0 aromatic heterocycles. The monoisotopic (exact) mass is 373 g/mol. The van der Waals surface area contributed by atoms with Crippen LogP contribution in [-0.4, -0.2) is 24.9 Å². The molecule has 0 radical (unpaired) electrons. The summed E-state index contributed by atoms with van der Waals surface area (Å²) < 4.78 is 0. The summed E-state index contributed by atoms with van der Waals surface area (Å²) >= 11 is 0. The number of halogens is 1. The highest BCUT2D eigenvalue weighted by atomic mass is 35.5. The fraction of sp³-hybridized carbons (Fsp3) is 0.300. The predicted octanol–water partition coefficient (Wildman–Crippen LogP) is 3.32. The largest absolute Gasteiger partial charge is 0.326 e. The van der Waals surface area contributed by atoms with Crippen molar-refractivity contribution in [2.75, 3.05) is 23.7 Å². The molecule has 0 spiro atoms. The van der Waals surface area contributed by atoms with Crippen LogP contribution in [0.3, 0.4) is 0 Å². The maximum Gasteiger partial charge on any atom is 0.255 e. The first-order valence-corrected chi connectivity index (χ1v) is 8.55. The average Bonchev–Trinajstić information content (AvgIpc) is 2.82. The number of amides is 2. The van der Waals surface area contributed by atoms with Crippen LogP contribution in [0.5, 0.6) is 0 Å². The van der Waals surface area contributed by atoms with Crippen LogP contribution >= 0.6 is 12.4 Å².